The molecule has 158 valence electrons. The largest absolute Gasteiger partial charge is 0.312 e. The van der Waals surface area contributed by atoms with Crippen molar-refractivity contribution >= 4 is 44.3 Å². The molecule has 5 rings (SSSR count). The first-order valence-electron chi connectivity index (χ1n) is 10.2. The summed E-state index contributed by atoms with van der Waals surface area (Å²) in [6.45, 7) is 5.41. The molecule has 2 aliphatic heterocycles. The molecule has 0 saturated carbocycles. The molecule has 0 unspecified atom stereocenters. The van der Waals surface area contributed by atoms with Gasteiger partial charge >= 0.3 is 0 Å². The van der Waals surface area contributed by atoms with Crippen molar-refractivity contribution in [3.05, 3.63) is 103 Å². The minimum absolute atomic E-state index is 0. The standard InChI is InChI=1S/C16H16BrN.C9H10BrN.ClH/c17-16-7-6-15-12-18(9-8-14(15)10-16)11-13-4-2-1-3-5-13;10-9-2-1-8-6-11-4-3-7(8)5-9;/h1-7,10H,8-9,11-12H2;1-2,5,11H,3-4,6H2;1H. The average Bonchev–Trinajstić information content (AvgIpc) is 2.75. The van der Waals surface area contributed by atoms with Gasteiger partial charge in [-0.15, -0.1) is 12.4 Å². The van der Waals surface area contributed by atoms with Crippen LogP contribution in [0.2, 0.25) is 0 Å². The van der Waals surface area contributed by atoms with E-state index in [0.717, 1.165) is 45.6 Å². The first kappa shape index (κ1) is 23.5. The zero-order chi connectivity index (χ0) is 20.1. The Morgan fingerprint density at radius 1 is 0.767 bits per heavy atom. The number of halogens is 3. The van der Waals surface area contributed by atoms with Gasteiger partial charge in [0.15, 0.2) is 0 Å². The molecule has 0 radical (unpaired) electrons. The van der Waals surface area contributed by atoms with Gasteiger partial charge < -0.3 is 5.32 Å². The Hall–Kier alpha value is -1.17. The Kier molecular flexibility index (Phi) is 8.97. The van der Waals surface area contributed by atoms with Crippen molar-refractivity contribution in [1.82, 2.24) is 10.2 Å². The summed E-state index contributed by atoms with van der Waals surface area (Å²) in [5.74, 6) is 0. The molecule has 5 heteroatoms. The molecule has 0 atom stereocenters. The van der Waals surface area contributed by atoms with Gasteiger partial charge in [0.1, 0.15) is 0 Å². The monoisotopic (exact) mass is 548 g/mol. The average molecular weight is 551 g/mol. The molecule has 3 aromatic carbocycles. The van der Waals surface area contributed by atoms with E-state index in [1.165, 1.54) is 36.8 Å². The van der Waals surface area contributed by atoms with E-state index in [0.29, 0.717) is 0 Å². The van der Waals surface area contributed by atoms with Gasteiger partial charge in [0.2, 0.25) is 0 Å². The minimum Gasteiger partial charge on any atom is -0.312 e. The molecular formula is C25H27Br2ClN2. The van der Waals surface area contributed by atoms with Crippen LogP contribution in [-0.2, 0) is 32.5 Å². The van der Waals surface area contributed by atoms with Crippen LogP contribution < -0.4 is 5.32 Å². The van der Waals surface area contributed by atoms with Gasteiger partial charge in [0.05, 0.1) is 0 Å². The van der Waals surface area contributed by atoms with Crippen molar-refractivity contribution in [3.8, 4) is 0 Å². The van der Waals surface area contributed by atoms with E-state index in [1.54, 1.807) is 0 Å². The van der Waals surface area contributed by atoms with Gasteiger partial charge in [-0.25, -0.2) is 0 Å². The van der Waals surface area contributed by atoms with Gasteiger partial charge in [-0.1, -0.05) is 74.3 Å². The number of nitrogens with zero attached hydrogens (tertiary/aromatic N) is 1. The first-order valence-corrected chi connectivity index (χ1v) is 11.8. The lowest BCUT2D eigenvalue weighted by Crippen LogP contribution is -2.29. The number of rotatable bonds is 2. The normalized spacial score (nSPS) is 15.1. The van der Waals surface area contributed by atoms with Gasteiger partial charge in [0.25, 0.3) is 0 Å². The fourth-order valence-electron chi connectivity index (χ4n) is 4.00. The van der Waals surface area contributed by atoms with Gasteiger partial charge in [-0.2, -0.15) is 0 Å². The fraction of sp³-hybridized carbons (Fsp3) is 0.280. The molecule has 0 bridgehead atoms. The molecule has 1 N–H and O–H groups in total. The second-order valence-electron chi connectivity index (χ2n) is 7.70. The Balaban J connectivity index is 0.000000184. The van der Waals surface area contributed by atoms with Crippen LogP contribution in [0.5, 0.6) is 0 Å². The predicted molar refractivity (Wildman–Crippen MR) is 135 cm³/mol. The quantitative estimate of drug-likeness (QED) is 0.391. The molecule has 2 aliphatic rings. The summed E-state index contributed by atoms with van der Waals surface area (Å²) in [6, 6.07) is 23.9. The zero-order valence-electron chi connectivity index (χ0n) is 16.9. The van der Waals surface area contributed by atoms with E-state index in [-0.39, 0.29) is 12.4 Å². The molecule has 3 aromatic rings. The van der Waals surface area contributed by atoms with E-state index in [4.69, 9.17) is 0 Å². The molecule has 30 heavy (non-hydrogen) atoms. The number of hydrogen-bond acceptors (Lipinski definition) is 2. The van der Waals surface area contributed by atoms with Gasteiger partial charge in [-0.3, -0.25) is 4.90 Å². The lowest BCUT2D eigenvalue weighted by molar-refractivity contribution is 0.245. The van der Waals surface area contributed by atoms with Crippen molar-refractivity contribution in [2.75, 3.05) is 13.1 Å². The van der Waals surface area contributed by atoms with E-state index < -0.39 is 0 Å². The summed E-state index contributed by atoms with van der Waals surface area (Å²) >= 11 is 7.02. The van der Waals surface area contributed by atoms with Crippen molar-refractivity contribution in [2.24, 2.45) is 0 Å². The molecule has 0 fully saturated rings. The van der Waals surface area contributed by atoms with Crippen molar-refractivity contribution in [3.63, 3.8) is 0 Å². The SMILES string of the molecule is Brc1ccc2c(c1)CCN(Cc1ccccc1)C2.Brc1ccc2c(c1)CCNC2.Cl. The topological polar surface area (TPSA) is 15.3 Å². The van der Waals surface area contributed by atoms with Crippen LogP contribution in [0.15, 0.2) is 75.7 Å². The highest BCUT2D eigenvalue weighted by Crippen LogP contribution is 2.24. The Bertz CT molecular complexity index is 963. The van der Waals surface area contributed by atoms with Crippen LogP contribution in [0.25, 0.3) is 0 Å². The van der Waals surface area contributed by atoms with Crippen LogP contribution in [0.1, 0.15) is 27.8 Å². The maximum absolute atomic E-state index is 3.55. The fourth-order valence-corrected chi connectivity index (χ4v) is 4.82. The second kappa shape index (κ2) is 11.4. The lowest BCUT2D eigenvalue weighted by Gasteiger charge is -2.28. The van der Waals surface area contributed by atoms with Gasteiger partial charge in [0, 0.05) is 35.1 Å². The number of fused-ring (bicyclic) bond motifs is 2. The lowest BCUT2D eigenvalue weighted by atomic mass is 9.99. The molecular weight excluding hydrogens is 524 g/mol. The van der Waals surface area contributed by atoms with Crippen molar-refractivity contribution in [1.29, 1.82) is 0 Å². The molecule has 2 heterocycles. The van der Waals surface area contributed by atoms with Crippen LogP contribution in [-0.4, -0.2) is 18.0 Å². The summed E-state index contributed by atoms with van der Waals surface area (Å²) in [5.41, 5.74) is 7.30. The van der Waals surface area contributed by atoms with E-state index in [9.17, 15) is 0 Å². The zero-order valence-corrected chi connectivity index (χ0v) is 20.9. The molecule has 0 spiro atoms. The molecule has 0 amide bonds. The third-order valence-corrected chi connectivity index (χ3v) is 6.55. The highest BCUT2D eigenvalue weighted by Gasteiger charge is 2.16. The molecule has 0 saturated heterocycles. The summed E-state index contributed by atoms with van der Waals surface area (Å²) in [5, 5.41) is 3.35. The smallest absolute Gasteiger partial charge is 0.0240 e. The van der Waals surface area contributed by atoms with E-state index in [1.807, 2.05) is 0 Å². The third-order valence-electron chi connectivity index (χ3n) is 5.56. The summed E-state index contributed by atoms with van der Waals surface area (Å²) in [6.07, 6.45) is 2.32. The predicted octanol–water partition coefficient (Wildman–Crippen LogP) is 6.52. The van der Waals surface area contributed by atoms with Gasteiger partial charge in [-0.05, 0) is 71.5 Å². The second-order valence-corrected chi connectivity index (χ2v) is 9.53. The number of benzene rings is 3. The Morgan fingerprint density at radius 3 is 2.17 bits per heavy atom. The number of hydrogen-bond donors (Lipinski definition) is 1. The highest BCUT2D eigenvalue weighted by molar-refractivity contribution is 9.10. The minimum atomic E-state index is 0. The van der Waals surface area contributed by atoms with E-state index in [2.05, 4.69) is 109 Å². The highest BCUT2D eigenvalue weighted by atomic mass is 79.9. The van der Waals surface area contributed by atoms with E-state index >= 15 is 0 Å². The number of nitrogens with one attached hydrogen (secondary N) is 1. The molecule has 2 nitrogen and oxygen atoms in total. The van der Waals surface area contributed by atoms with Crippen LogP contribution in [0.4, 0.5) is 0 Å². The van der Waals surface area contributed by atoms with Crippen LogP contribution in [0.3, 0.4) is 0 Å². The summed E-state index contributed by atoms with van der Waals surface area (Å²) in [7, 11) is 0. The Morgan fingerprint density at radius 2 is 1.43 bits per heavy atom. The first-order chi connectivity index (χ1) is 14.2. The van der Waals surface area contributed by atoms with Crippen LogP contribution in [0, 0.1) is 0 Å². The molecule has 0 aliphatic carbocycles. The molecule has 0 aromatic heterocycles. The summed E-state index contributed by atoms with van der Waals surface area (Å²) < 4.78 is 2.39. The Labute approximate surface area is 202 Å². The van der Waals surface area contributed by atoms with Crippen molar-refractivity contribution < 1.29 is 0 Å². The maximum Gasteiger partial charge on any atom is 0.0240 e. The van der Waals surface area contributed by atoms with Crippen LogP contribution >= 0.6 is 44.3 Å². The summed E-state index contributed by atoms with van der Waals surface area (Å²) in [4.78, 5) is 2.52. The third kappa shape index (κ3) is 6.41. The van der Waals surface area contributed by atoms with Crippen molar-refractivity contribution in [2.45, 2.75) is 32.5 Å². The maximum atomic E-state index is 3.55.